The molecule has 0 bridgehead atoms. The molecule has 2 unspecified atom stereocenters. The molecule has 0 amide bonds. The number of guanidine groups is 1. The molecule has 0 saturated carbocycles. The van der Waals surface area contributed by atoms with Crippen LogP contribution in [0.15, 0.2) is 33.8 Å². The van der Waals surface area contributed by atoms with Gasteiger partial charge < -0.3 is 24.6 Å². The van der Waals surface area contributed by atoms with E-state index in [9.17, 15) is 0 Å². The van der Waals surface area contributed by atoms with Crippen molar-refractivity contribution in [3.05, 3.63) is 35.2 Å². The summed E-state index contributed by atoms with van der Waals surface area (Å²) in [7, 11) is 0. The van der Waals surface area contributed by atoms with Crippen LogP contribution in [0.1, 0.15) is 26.2 Å². The smallest absolute Gasteiger partial charge is 0.228 e. The van der Waals surface area contributed by atoms with Gasteiger partial charge in [-0.05, 0) is 32.4 Å². The quantitative estimate of drug-likeness (QED) is 0.282. The first-order valence-electron chi connectivity index (χ1n) is 9.96. The van der Waals surface area contributed by atoms with E-state index in [0.29, 0.717) is 42.9 Å². The molecule has 1 saturated heterocycles. The molecule has 0 radical (unpaired) electrons. The number of hydrogen-bond acceptors (Lipinski definition) is 6. The van der Waals surface area contributed by atoms with E-state index >= 15 is 0 Å². The van der Waals surface area contributed by atoms with Gasteiger partial charge in [0.15, 0.2) is 5.96 Å². The van der Waals surface area contributed by atoms with Gasteiger partial charge in [0, 0.05) is 36.2 Å². The van der Waals surface area contributed by atoms with Gasteiger partial charge in [-0.15, -0.1) is 24.0 Å². The molecule has 1 aromatic heterocycles. The fourth-order valence-corrected chi connectivity index (χ4v) is 3.07. The van der Waals surface area contributed by atoms with Crippen molar-refractivity contribution >= 4 is 41.5 Å². The minimum atomic E-state index is 0. The molecule has 1 aliphatic rings. The first-order chi connectivity index (χ1) is 14.1. The van der Waals surface area contributed by atoms with Gasteiger partial charge >= 0.3 is 0 Å². The van der Waals surface area contributed by atoms with Crippen LogP contribution in [0.3, 0.4) is 0 Å². The third-order valence-electron chi connectivity index (χ3n) is 4.34. The SMILES string of the molecule is CCNC(=NCCc1nc(-c2cccc(Cl)c2)no1)NC(C)COC1CCOC1.I. The van der Waals surface area contributed by atoms with Crippen molar-refractivity contribution in [2.75, 3.05) is 32.9 Å². The zero-order valence-corrected chi connectivity index (χ0v) is 20.4. The van der Waals surface area contributed by atoms with Crippen LogP contribution in [0, 0.1) is 0 Å². The van der Waals surface area contributed by atoms with Crippen molar-refractivity contribution < 1.29 is 14.0 Å². The third kappa shape index (κ3) is 8.01. The van der Waals surface area contributed by atoms with E-state index in [1.54, 1.807) is 0 Å². The van der Waals surface area contributed by atoms with E-state index in [2.05, 4.69) is 32.7 Å². The third-order valence-corrected chi connectivity index (χ3v) is 4.58. The largest absolute Gasteiger partial charge is 0.379 e. The van der Waals surface area contributed by atoms with Crippen LogP contribution < -0.4 is 10.6 Å². The number of nitrogens with zero attached hydrogens (tertiary/aromatic N) is 3. The molecular weight excluding hydrogens is 521 g/mol. The molecule has 2 atom stereocenters. The summed E-state index contributed by atoms with van der Waals surface area (Å²) in [5.41, 5.74) is 0.826. The topological polar surface area (TPSA) is 93.8 Å². The molecule has 3 rings (SSSR count). The van der Waals surface area contributed by atoms with E-state index in [4.69, 9.17) is 25.6 Å². The molecule has 1 aliphatic heterocycles. The lowest BCUT2D eigenvalue weighted by atomic mass is 10.2. The highest BCUT2D eigenvalue weighted by molar-refractivity contribution is 14.0. The summed E-state index contributed by atoms with van der Waals surface area (Å²) in [6.45, 7) is 7.46. The fourth-order valence-electron chi connectivity index (χ4n) is 2.88. The summed E-state index contributed by atoms with van der Waals surface area (Å²) in [4.78, 5) is 9.01. The average Bonchev–Trinajstić information content (AvgIpc) is 3.39. The summed E-state index contributed by atoms with van der Waals surface area (Å²) in [6.07, 6.45) is 1.71. The van der Waals surface area contributed by atoms with E-state index in [1.807, 2.05) is 31.2 Å². The predicted molar refractivity (Wildman–Crippen MR) is 128 cm³/mol. The number of hydrogen-bond donors (Lipinski definition) is 2. The molecule has 2 N–H and O–H groups in total. The summed E-state index contributed by atoms with van der Waals surface area (Å²) in [5, 5.41) is 11.3. The van der Waals surface area contributed by atoms with Crippen molar-refractivity contribution in [2.45, 2.75) is 38.8 Å². The van der Waals surface area contributed by atoms with Gasteiger partial charge in [0.2, 0.25) is 11.7 Å². The second-order valence-corrected chi connectivity index (χ2v) is 7.33. The van der Waals surface area contributed by atoms with Crippen LogP contribution in [0.4, 0.5) is 0 Å². The molecule has 1 fully saturated rings. The predicted octanol–water partition coefficient (Wildman–Crippen LogP) is 3.30. The number of ether oxygens (including phenoxy) is 2. The number of aliphatic imine (C=N–C) groups is 1. The van der Waals surface area contributed by atoms with E-state index in [1.165, 1.54) is 0 Å². The van der Waals surface area contributed by atoms with Gasteiger partial charge in [0.1, 0.15) is 0 Å². The second kappa shape index (κ2) is 13.1. The minimum Gasteiger partial charge on any atom is -0.379 e. The molecular formula is C20H29ClIN5O3. The first kappa shape index (κ1) is 24.8. The normalized spacial score (nSPS) is 17.4. The molecule has 30 heavy (non-hydrogen) atoms. The summed E-state index contributed by atoms with van der Waals surface area (Å²) in [5.74, 6) is 1.80. The Morgan fingerprint density at radius 2 is 2.30 bits per heavy atom. The monoisotopic (exact) mass is 549 g/mol. The van der Waals surface area contributed by atoms with Gasteiger partial charge in [0.05, 0.1) is 25.9 Å². The van der Waals surface area contributed by atoms with Crippen LogP contribution in [-0.4, -0.2) is 61.2 Å². The van der Waals surface area contributed by atoms with Crippen molar-refractivity contribution in [2.24, 2.45) is 4.99 Å². The summed E-state index contributed by atoms with van der Waals surface area (Å²) < 4.78 is 16.5. The van der Waals surface area contributed by atoms with E-state index < -0.39 is 0 Å². The van der Waals surface area contributed by atoms with Crippen molar-refractivity contribution in [1.29, 1.82) is 0 Å². The zero-order chi connectivity index (χ0) is 20.5. The highest BCUT2D eigenvalue weighted by Crippen LogP contribution is 2.20. The maximum Gasteiger partial charge on any atom is 0.228 e. The van der Waals surface area contributed by atoms with Gasteiger partial charge in [-0.3, -0.25) is 4.99 Å². The van der Waals surface area contributed by atoms with Gasteiger partial charge in [-0.2, -0.15) is 4.98 Å². The van der Waals surface area contributed by atoms with Crippen LogP contribution in [0.5, 0.6) is 0 Å². The molecule has 2 heterocycles. The van der Waals surface area contributed by atoms with Crippen LogP contribution in [0.25, 0.3) is 11.4 Å². The average molecular weight is 550 g/mol. The van der Waals surface area contributed by atoms with Crippen molar-refractivity contribution in [3.8, 4) is 11.4 Å². The van der Waals surface area contributed by atoms with Crippen molar-refractivity contribution in [1.82, 2.24) is 20.8 Å². The molecule has 1 aromatic carbocycles. The highest BCUT2D eigenvalue weighted by atomic mass is 127. The summed E-state index contributed by atoms with van der Waals surface area (Å²) in [6, 6.07) is 7.50. The number of aromatic nitrogens is 2. The van der Waals surface area contributed by atoms with Crippen LogP contribution in [-0.2, 0) is 15.9 Å². The fraction of sp³-hybridized carbons (Fsp3) is 0.550. The minimum absolute atomic E-state index is 0. The van der Waals surface area contributed by atoms with Gasteiger partial charge in [-0.25, -0.2) is 0 Å². The standard InChI is InChI=1S/C20H28ClN5O3.HI/c1-3-22-20(24-14(2)12-28-17-8-10-27-13-17)23-9-7-18-25-19(26-29-18)15-5-4-6-16(21)11-15;/h4-6,11,14,17H,3,7-10,12-13H2,1-2H3,(H2,22,23,24);1H. The zero-order valence-electron chi connectivity index (χ0n) is 17.3. The second-order valence-electron chi connectivity index (χ2n) is 6.90. The number of rotatable bonds is 9. The molecule has 2 aromatic rings. The molecule has 0 spiro atoms. The Morgan fingerprint density at radius 1 is 1.43 bits per heavy atom. The molecule has 0 aliphatic carbocycles. The van der Waals surface area contributed by atoms with E-state index in [0.717, 1.165) is 31.1 Å². The number of nitrogens with one attached hydrogen (secondary N) is 2. The lowest BCUT2D eigenvalue weighted by Gasteiger charge is -2.19. The van der Waals surface area contributed by atoms with Crippen LogP contribution >= 0.6 is 35.6 Å². The van der Waals surface area contributed by atoms with Gasteiger partial charge in [-0.1, -0.05) is 28.9 Å². The number of halogens is 2. The Hall–Kier alpha value is -1.43. The van der Waals surface area contributed by atoms with Crippen molar-refractivity contribution in [3.63, 3.8) is 0 Å². The Labute approximate surface area is 199 Å². The Bertz CT molecular complexity index is 798. The maximum absolute atomic E-state index is 6.02. The van der Waals surface area contributed by atoms with Crippen LogP contribution in [0.2, 0.25) is 5.02 Å². The first-order valence-corrected chi connectivity index (χ1v) is 10.3. The lowest BCUT2D eigenvalue weighted by molar-refractivity contribution is 0.0347. The Morgan fingerprint density at radius 3 is 3.03 bits per heavy atom. The summed E-state index contributed by atoms with van der Waals surface area (Å²) >= 11 is 6.02. The molecule has 166 valence electrons. The molecule has 10 heteroatoms. The highest BCUT2D eigenvalue weighted by Gasteiger charge is 2.17. The van der Waals surface area contributed by atoms with E-state index in [-0.39, 0.29) is 36.1 Å². The molecule has 8 nitrogen and oxygen atoms in total. The maximum atomic E-state index is 6.02. The van der Waals surface area contributed by atoms with Gasteiger partial charge in [0.25, 0.3) is 0 Å². The lowest BCUT2D eigenvalue weighted by Crippen LogP contribution is -2.44. The Balaban J connectivity index is 0.00000320. The Kier molecular flexibility index (Phi) is 10.8. The number of benzene rings is 1.